The topological polar surface area (TPSA) is 24.5 Å². The van der Waals surface area contributed by atoms with E-state index in [9.17, 15) is 0 Å². The molecule has 3 heteroatoms. The van der Waals surface area contributed by atoms with Gasteiger partial charge in [-0.25, -0.2) is 0 Å². The number of ether oxygens (including phenoxy) is 1. The molecule has 106 valence electrons. The fraction of sp³-hybridized carbons (Fsp3) is 0.625. The molecule has 1 aliphatic heterocycles. The van der Waals surface area contributed by atoms with Gasteiger partial charge in [-0.15, -0.1) is 0 Å². The normalized spacial score (nSPS) is 20.4. The minimum absolute atomic E-state index is 0.787. The first-order chi connectivity index (χ1) is 9.28. The molecular formula is C16H26N2O. The summed E-state index contributed by atoms with van der Waals surface area (Å²) in [4.78, 5) is 2.52. The number of benzene rings is 1. The molecule has 0 radical (unpaired) electrons. The Morgan fingerprint density at radius 3 is 3.11 bits per heavy atom. The molecule has 1 aromatic rings. The molecule has 1 fully saturated rings. The highest BCUT2D eigenvalue weighted by Gasteiger charge is 2.15. The van der Waals surface area contributed by atoms with Crippen LogP contribution in [0.5, 0.6) is 5.75 Å². The lowest BCUT2D eigenvalue weighted by Gasteiger charge is -2.30. The van der Waals surface area contributed by atoms with Crippen LogP contribution in [-0.2, 0) is 6.54 Å². The number of piperidine rings is 1. The van der Waals surface area contributed by atoms with Gasteiger partial charge in [-0.3, -0.25) is 4.90 Å². The standard InChI is InChI=1S/C16H26N2O/c1-14-5-4-8-18(13-14)9-10-19-16-7-3-6-15(11-16)12-17-2/h3,6-7,11,14,17H,4-5,8-10,12-13H2,1-2H3. The third-order valence-electron chi connectivity index (χ3n) is 3.70. The monoisotopic (exact) mass is 262 g/mol. The molecule has 1 unspecified atom stereocenters. The van der Waals surface area contributed by atoms with E-state index in [1.54, 1.807) is 0 Å². The van der Waals surface area contributed by atoms with Gasteiger partial charge >= 0.3 is 0 Å². The van der Waals surface area contributed by atoms with Crippen molar-refractivity contribution in [1.82, 2.24) is 10.2 Å². The number of likely N-dealkylation sites (tertiary alicyclic amines) is 1. The average Bonchev–Trinajstić information content (AvgIpc) is 2.40. The predicted octanol–water partition coefficient (Wildman–Crippen LogP) is 2.52. The highest BCUT2D eigenvalue weighted by atomic mass is 16.5. The third kappa shape index (κ3) is 4.84. The number of hydrogen-bond acceptors (Lipinski definition) is 3. The quantitative estimate of drug-likeness (QED) is 0.852. The van der Waals surface area contributed by atoms with Gasteiger partial charge in [0.05, 0.1) is 0 Å². The van der Waals surface area contributed by atoms with Crippen LogP contribution in [0.15, 0.2) is 24.3 Å². The molecule has 0 aromatic heterocycles. The first-order valence-electron chi connectivity index (χ1n) is 7.36. The van der Waals surface area contributed by atoms with Crippen LogP contribution in [0.2, 0.25) is 0 Å². The zero-order valence-electron chi connectivity index (χ0n) is 12.2. The molecule has 1 aliphatic rings. The maximum atomic E-state index is 5.86. The van der Waals surface area contributed by atoms with Gasteiger partial charge in [0.15, 0.2) is 0 Å². The van der Waals surface area contributed by atoms with Crippen molar-refractivity contribution in [2.24, 2.45) is 5.92 Å². The Morgan fingerprint density at radius 2 is 2.32 bits per heavy atom. The van der Waals surface area contributed by atoms with E-state index in [0.29, 0.717) is 0 Å². The van der Waals surface area contributed by atoms with Gasteiger partial charge in [0.1, 0.15) is 12.4 Å². The fourth-order valence-corrected chi connectivity index (χ4v) is 2.73. The van der Waals surface area contributed by atoms with Crippen molar-refractivity contribution < 1.29 is 4.74 Å². The Morgan fingerprint density at radius 1 is 1.42 bits per heavy atom. The summed E-state index contributed by atoms with van der Waals surface area (Å²) in [5, 5.41) is 3.16. The second-order valence-electron chi connectivity index (χ2n) is 5.57. The Hall–Kier alpha value is -1.06. The number of nitrogens with zero attached hydrogens (tertiary/aromatic N) is 1. The van der Waals surface area contributed by atoms with Crippen molar-refractivity contribution in [3.63, 3.8) is 0 Å². The van der Waals surface area contributed by atoms with E-state index in [1.165, 1.54) is 31.5 Å². The summed E-state index contributed by atoms with van der Waals surface area (Å²) < 4.78 is 5.86. The lowest BCUT2D eigenvalue weighted by Crippen LogP contribution is -2.37. The zero-order chi connectivity index (χ0) is 13.5. The first kappa shape index (κ1) is 14.4. The molecule has 0 aliphatic carbocycles. The van der Waals surface area contributed by atoms with Crippen LogP contribution in [0.25, 0.3) is 0 Å². The van der Waals surface area contributed by atoms with Crippen LogP contribution in [0, 0.1) is 5.92 Å². The van der Waals surface area contributed by atoms with Gasteiger partial charge in [-0.1, -0.05) is 19.1 Å². The largest absolute Gasteiger partial charge is 0.492 e. The maximum Gasteiger partial charge on any atom is 0.119 e. The molecule has 1 heterocycles. The summed E-state index contributed by atoms with van der Waals surface area (Å²) in [7, 11) is 1.96. The van der Waals surface area contributed by atoms with Gasteiger partial charge in [0.25, 0.3) is 0 Å². The van der Waals surface area contributed by atoms with E-state index in [4.69, 9.17) is 4.74 Å². The van der Waals surface area contributed by atoms with Crippen molar-refractivity contribution in [3.8, 4) is 5.75 Å². The highest BCUT2D eigenvalue weighted by Crippen LogP contribution is 2.16. The summed E-state index contributed by atoms with van der Waals surface area (Å²) in [6.45, 7) is 7.52. The van der Waals surface area contributed by atoms with E-state index in [-0.39, 0.29) is 0 Å². The fourth-order valence-electron chi connectivity index (χ4n) is 2.73. The second kappa shape index (κ2) is 7.51. The molecular weight excluding hydrogens is 236 g/mol. The molecule has 2 rings (SSSR count). The van der Waals surface area contributed by atoms with Crippen LogP contribution < -0.4 is 10.1 Å². The molecule has 1 N–H and O–H groups in total. The summed E-state index contributed by atoms with van der Waals surface area (Å²) in [6, 6.07) is 8.34. The number of rotatable bonds is 6. The zero-order valence-corrected chi connectivity index (χ0v) is 12.2. The van der Waals surface area contributed by atoms with Gasteiger partial charge in [0, 0.05) is 19.6 Å². The van der Waals surface area contributed by atoms with Crippen LogP contribution in [-0.4, -0.2) is 38.2 Å². The third-order valence-corrected chi connectivity index (χ3v) is 3.70. The molecule has 19 heavy (non-hydrogen) atoms. The Bertz CT molecular complexity index is 381. The predicted molar refractivity (Wildman–Crippen MR) is 79.5 cm³/mol. The lowest BCUT2D eigenvalue weighted by atomic mass is 10.0. The van der Waals surface area contributed by atoms with Crippen molar-refractivity contribution >= 4 is 0 Å². The Kier molecular flexibility index (Phi) is 5.67. The molecule has 0 spiro atoms. The molecule has 0 saturated carbocycles. The van der Waals surface area contributed by atoms with Crippen molar-refractivity contribution in [2.75, 3.05) is 33.3 Å². The minimum Gasteiger partial charge on any atom is -0.492 e. The Balaban J connectivity index is 1.74. The van der Waals surface area contributed by atoms with E-state index in [1.807, 2.05) is 13.1 Å². The van der Waals surface area contributed by atoms with Crippen LogP contribution >= 0.6 is 0 Å². The number of hydrogen-bond donors (Lipinski definition) is 1. The van der Waals surface area contributed by atoms with Crippen molar-refractivity contribution in [3.05, 3.63) is 29.8 Å². The summed E-state index contributed by atoms with van der Waals surface area (Å²) in [5.74, 6) is 1.82. The van der Waals surface area contributed by atoms with Gasteiger partial charge in [0.2, 0.25) is 0 Å². The first-order valence-corrected chi connectivity index (χ1v) is 7.36. The van der Waals surface area contributed by atoms with E-state index in [2.05, 4.69) is 35.3 Å². The van der Waals surface area contributed by atoms with E-state index in [0.717, 1.165) is 31.4 Å². The second-order valence-corrected chi connectivity index (χ2v) is 5.57. The molecule has 1 atom stereocenters. The average molecular weight is 262 g/mol. The van der Waals surface area contributed by atoms with Gasteiger partial charge < -0.3 is 10.1 Å². The van der Waals surface area contributed by atoms with Gasteiger partial charge in [-0.2, -0.15) is 0 Å². The smallest absolute Gasteiger partial charge is 0.119 e. The summed E-state index contributed by atoms with van der Waals surface area (Å²) in [6.07, 6.45) is 2.71. The summed E-state index contributed by atoms with van der Waals surface area (Å²) >= 11 is 0. The van der Waals surface area contributed by atoms with Crippen molar-refractivity contribution in [1.29, 1.82) is 0 Å². The van der Waals surface area contributed by atoms with Crippen LogP contribution in [0.3, 0.4) is 0 Å². The molecule has 1 saturated heterocycles. The highest BCUT2D eigenvalue weighted by molar-refractivity contribution is 5.28. The number of nitrogens with one attached hydrogen (secondary N) is 1. The van der Waals surface area contributed by atoms with Gasteiger partial charge in [-0.05, 0) is 50.0 Å². The molecule has 0 bridgehead atoms. The van der Waals surface area contributed by atoms with E-state index < -0.39 is 0 Å². The SMILES string of the molecule is CNCc1cccc(OCCN2CCCC(C)C2)c1. The lowest BCUT2D eigenvalue weighted by molar-refractivity contribution is 0.153. The minimum atomic E-state index is 0.787. The van der Waals surface area contributed by atoms with Crippen molar-refractivity contribution in [2.45, 2.75) is 26.3 Å². The Labute approximate surface area is 116 Å². The van der Waals surface area contributed by atoms with Crippen LogP contribution in [0.1, 0.15) is 25.3 Å². The molecule has 3 nitrogen and oxygen atoms in total. The van der Waals surface area contributed by atoms with Crippen LogP contribution in [0.4, 0.5) is 0 Å². The molecule has 1 aromatic carbocycles. The summed E-state index contributed by atoms with van der Waals surface area (Å²) in [5.41, 5.74) is 1.27. The molecule has 0 amide bonds. The maximum absolute atomic E-state index is 5.86. The van der Waals surface area contributed by atoms with E-state index >= 15 is 0 Å².